The van der Waals surface area contributed by atoms with Gasteiger partial charge in [-0.3, -0.25) is 19.2 Å². The van der Waals surface area contributed by atoms with Crippen molar-refractivity contribution in [2.24, 2.45) is 0 Å². The number of Topliss-reactive ketones (excluding diaryl/α,β-unsaturated/α-hetero) is 2. The van der Waals surface area contributed by atoms with Gasteiger partial charge in [0.1, 0.15) is 17.3 Å². The topological polar surface area (TPSA) is 113 Å². The summed E-state index contributed by atoms with van der Waals surface area (Å²) in [5.41, 5.74) is 3.92. The second-order valence-electron chi connectivity index (χ2n) is 9.31. The lowest BCUT2D eigenvalue weighted by molar-refractivity contribution is -0.355. The van der Waals surface area contributed by atoms with Gasteiger partial charge in [-0.05, 0) is 30.3 Å². The summed E-state index contributed by atoms with van der Waals surface area (Å²) >= 11 is 0. The summed E-state index contributed by atoms with van der Waals surface area (Å²) in [7, 11) is 2.90. The SMILES string of the molecule is COc1ccc2c(c1OC)C(=O)C1=C(C2=O)C2Nc3ccc4c(c3[NH+]=C2C=C1)C(=O)c1ccccc1C4=O. The molecule has 0 radical (unpaired) electrons. The van der Waals surface area contributed by atoms with E-state index >= 15 is 0 Å². The number of benzene rings is 3. The molecule has 8 nitrogen and oxygen atoms in total. The largest absolute Gasteiger partial charge is 0.493 e. The number of ketones is 4. The van der Waals surface area contributed by atoms with Crippen LogP contribution in [0.5, 0.6) is 11.5 Å². The number of carbonyl (C=O) groups excluding carboxylic acids is 4. The summed E-state index contributed by atoms with van der Waals surface area (Å²) in [6, 6.07) is 12.6. The number of rotatable bonds is 2. The molecule has 0 aromatic heterocycles. The molecule has 38 heavy (non-hydrogen) atoms. The average molecular weight is 503 g/mol. The number of allylic oxidation sites excluding steroid dienone is 2. The van der Waals surface area contributed by atoms with Crippen molar-refractivity contribution in [1.82, 2.24) is 0 Å². The van der Waals surface area contributed by atoms with E-state index in [4.69, 9.17) is 9.47 Å². The van der Waals surface area contributed by atoms with Crippen molar-refractivity contribution in [2.75, 3.05) is 19.5 Å². The lowest BCUT2D eigenvalue weighted by Gasteiger charge is -2.31. The van der Waals surface area contributed by atoms with Gasteiger partial charge < -0.3 is 14.8 Å². The smallest absolute Gasteiger partial charge is 0.239 e. The number of ether oxygens (including phenoxy) is 2. The predicted molar refractivity (Wildman–Crippen MR) is 137 cm³/mol. The van der Waals surface area contributed by atoms with Crippen molar-refractivity contribution in [1.29, 1.82) is 0 Å². The molecule has 0 amide bonds. The maximum atomic E-state index is 13.8. The van der Waals surface area contributed by atoms with Crippen molar-refractivity contribution < 1.29 is 33.6 Å². The molecule has 8 heteroatoms. The van der Waals surface area contributed by atoms with Gasteiger partial charge >= 0.3 is 0 Å². The Morgan fingerprint density at radius 3 is 2.16 bits per heavy atom. The van der Waals surface area contributed by atoms with Gasteiger partial charge in [-0.15, -0.1) is 0 Å². The molecule has 0 fully saturated rings. The van der Waals surface area contributed by atoms with Gasteiger partial charge in [-0.25, -0.2) is 4.99 Å². The second kappa shape index (κ2) is 7.69. The van der Waals surface area contributed by atoms with Crippen LogP contribution < -0.4 is 19.8 Å². The molecule has 3 aromatic carbocycles. The van der Waals surface area contributed by atoms with E-state index in [-0.39, 0.29) is 51.1 Å². The standard InChI is InChI=1S/C30H18N2O6/c1-37-20-12-9-17-23(30(20)38-2)29(36)16-8-11-19-25(22(16)28(17)35)32-18-10-7-15-21(24(18)31-19)27(34)14-6-4-3-5-13(14)26(15)33/h3-12,25,32H,1-2H3/p+1. The first-order valence-corrected chi connectivity index (χ1v) is 12.0. The molecule has 3 aromatic rings. The molecule has 0 saturated carbocycles. The third-order valence-corrected chi connectivity index (χ3v) is 7.49. The maximum absolute atomic E-state index is 13.8. The van der Waals surface area contributed by atoms with Crippen molar-refractivity contribution in [3.05, 3.63) is 105 Å². The zero-order valence-corrected chi connectivity index (χ0v) is 20.3. The van der Waals surface area contributed by atoms with E-state index in [1.165, 1.54) is 14.2 Å². The van der Waals surface area contributed by atoms with E-state index in [9.17, 15) is 19.2 Å². The van der Waals surface area contributed by atoms with Crippen molar-refractivity contribution in [3.8, 4) is 11.5 Å². The van der Waals surface area contributed by atoms with Crippen molar-refractivity contribution in [2.45, 2.75) is 6.04 Å². The zero-order valence-electron chi connectivity index (χ0n) is 20.3. The normalized spacial score (nSPS) is 18.4. The summed E-state index contributed by atoms with van der Waals surface area (Å²) in [6.45, 7) is 0. The fourth-order valence-corrected chi connectivity index (χ4v) is 5.74. The fraction of sp³-hybridized carbons (Fsp3) is 0.100. The third-order valence-electron chi connectivity index (χ3n) is 7.49. The molecule has 1 heterocycles. The van der Waals surface area contributed by atoms with E-state index in [0.717, 1.165) is 0 Å². The minimum atomic E-state index is -0.653. The highest BCUT2D eigenvalue weighted by Gasteiger charge is 2.45. The number of hydrogen-bond donors (Lipinski definition) is 2. The van der Waals surface area contributed by atoms with E-state index in [2.05, 4.69) is 10.3 Å². The van der Waals surface area contributed by atoms with Crippen molar-refractivity contribution >= 4 is 40.2 Å². The summed E-state index contributed by atoms with van der Waals surface area (Å²) in [4.78, 5) is 57.3. The molecule has 1 atom stereocenters. The van der Waals surface area contributed by atoms with Gasteiger partial charge in [-0.1, -0.05) is 24.3 Å². The van der Waals surface area contributed by atoms with Crippen LogP contribution >= 0.6 is 0 Å². The van der Waals surface area contributed by atoms with Gasteiger partial charge in [0.2, 0.25) is 17.2 Å². The van der Waals surface area contributed by atoms with Crippen LogP contribution in [-0.4, -0.2) is 49.1 Å². The Hall–Kier alpha value is -5.11. The minimum Gasteiger partial charge on any atom is -0.493 e. The molecule has 3 aliphatic carbocycles. The summed E-state index contributed by atoms with van der Waals surface area (Å²) in [6.07, 6.45) is 3.31. The van der Waals surface area contributed by atoms with Crippen LogP contribution in [0, 0.1) is 0 Å². The maximum Gasteiger partial charge on any atom is 0.239 e. The van der Waals surface area contributed by atoms with Gasteiger partial charge in [0.15, 0.2) is 28.8 Å². The average Bonchev–Trinajstić information content (AvgIpc) is 2.95. The molecule has 7 rings (SSSR count). The fourth-order valence-electron chi connectivity index (χ4n) is 5.74. The number of nitrogens with one attached hydrogen (secondary N) is 2. The highest BCUT2D eigenvalue weighted by molar-refractivity contribution is 6.34. The van der Waals surface area contributed by atoms with Crippen LogP contribution in [0.3, 0.4) is 0 Å². The molecule has 0 saturated heterocycles. The Morgan fingerprint density at radius 1 is 0.711 bits per heavy atom. The number of fused-ring (bicyclic) bond motifs is 7. The molecular formula is C30H19N2O6+. The summed E-state index contributed by atoms with van der Waals surface area (Å²) < 4.78 is 10.8. The van der Waals surface area contributed by atoms with E-state index < -0.39 is 6.04 Å². The lowest BCUT2D eigenvalue weighted by Crippen LogP contribution is -2.74. The van der Waals surface area contributed by atoms with Crippen LogP contribution in [0.15, 0.2) is 71.8 Å². The quantitative estimate of drug-likeness (QED) is 0.432. The van der Waals surface area contributed by atoms with Crippen LogP contribution in [-0.2, 0) is 0 Å². The minimum absolute atomic E-state index is 0.171. The lowest BCUT2D eigenvalue weighted by atomic mass is 9.76. The van der Waals surface area contributed by atoms with Crippen molar-refractivity contribution in [3.63, 3.8) is 0 Å². The molecular weight excluding hydrogens is 484 g/mol. The molecule has 1 aliphatic heterocycles. The van der Waals surface area contributed by atoms with Gasteiger partial charge in [-0.2, -0.15) is 0 Å². The van der Waals surface area contributed by atoms with E-state index in [1.54, 1.807) is 60.7 Å². The Balaban J connectivity index is 1.36. The number of methoxy groups -OCH3 is 2. The van der Waals surface area contributed by atoms with Crippen LogP contribution in [0.2, 0.25) is 0 Å². The number of hydrogen-bond acceptors (Lipinski definition) is 7. The van der Waals surface area contributed by atoms with Gasteiger partial charge in [0.25, 0.3) is 0 Å². The Kier molecular flexibility index (Phi) is 4.48. The molecule has 0 bridgehead atoms. The monoisotopic (exact) mass is 503 g/mol. The predicted octanol–water partition coefficient (Wildman–Crippen LogP) is 2.37. The molecule has 184 valence electrons. The first kappa shape index (κ1) is 22.1. The molecule has 2 N–H and O–H groups in total. The molecule has 1 unspecified atom stereocenters. The van der Waals surface area contributed by atoms with Gasteiger partial charge in [0, 0.05) is 39.5 Å². The Labute approximate surface area is 216 Å². The summed E-state index contributed by atoms with van der Waals surface area (Å²) in [5.74, 6) is -0.535. The molecule has 4 aliphatic rings. The number of anilines is 1. The van der Waals surface area contributed by atoms with Crippen LogP contribution in [0.4, 0.5) is 11.4 Å². The molecule has 0 spiro atoms. The zero-order chi connectivity index (χ0) is 26.3. The van der Waals surface area contributed by atoms with E-state index in [0.29, 0.717) is 45.1 Å². The van der Waals surface area contributed by atoms with Crippen LogP contribution in [0.1, 0.15) is 52.6 Å². The highest BCUT2D eigenvalue weighted by atomic mass is 16.5. The Morgan fingerprint density at radius 2 is 1.42 bits per heavy atom. The summed E-state index contributed by atoms with van der Waals surface area (Å²) in [5, 5.41) is 3.34. The van der Waals surface area contributed by atoms with Gasteiger partial charge in [0.05, 0.1) is 19.8 Å². The first-order chi connectivity index (χ1) is 18.4. The third kappa shape index (κ3) is 2.71. The van der Waals surface area contributed by atoms with E-state index in [1.807, 2.05) is 0 Å². The first-order valence-electron chi connectivity index (χ1n) is 12.0. The highest BCUT2D eigenvalue weighted by Crippen LogP contribution is 2.42. The number of carbonyl (C=O) groups is 4. The Bertz CT molecular complexity index is 1790. The van der Waals surface area contributed by atoms with Crippen LogP contribution in [0.25, 0.3) is 0 Å². The second-order valence-corrected chi connectivity index (χ2v) is 9.31.